The molecule has 0 bridgehead atoms. The molecule has 0 radical (unpaired) electrons. The summed E-state index contributed by atoms with van der Waals surface area (Å²) in [5.74, 6) is 0. The van der Waals surface area contributed by atoms with Gasteiger partial charge in [0, 0.05) is 34.2 Å². The van der Waals surface area contributed by atoms with E-state index in [0.717, 1.165) is 12.1 Å². The minimum atomic E-state index is -4.65. The second-order valence-electron chi connectivity index (χ2n) is 3.89. The van der Waals surface area contributed by atoms with Crippen molar-refractivity contribution in [2.75, 3.05) is 0 Å². The summed E-state index contributed by atoms with van der Waals surface area (Å²) in [6, 6.07) is 5.45. The van der Waals surface area contributed by atoms with E-state index in [-0.39, 0.29) is 5.56 Å². The maximum absolute atomic E-state index is 12.6. The summed E-state index contributed by atoms with van der Waals surface area (Å²) in [6.07, 6.45) is -1.85. The van der Waals surface area contributed by atoms with Gasteiger partial charge >= 0.3 is 6.18 Å². The first-order chi connectivity index (χ1) is 9.19. The lowest BCUT2D eigenvalue weighted by Crippen LogP contribution is -2.07. The molecule has 0 aliphatic carbocycles. The first kappa shape index (κ1) is 14.8. The number of nitrogens with zero attached hydrogens (tertiary/aromatic N) is 1. The third kappa shape index (κ3) is 3.10. The summed E-state index contributed by atoms with van der Waals surface area (Å²) in [7, 11) is 0.900. The van der Waals surface area contributed by atoms with Crippen LogP contribution < -0.4 is 0 Å². The molecule has 0 unspecified atom stereocenters. The number of hydrogen-bond acceptors (Lipinski definition) is 3. The van der Waals surface area contributed by atoms with Crippen LogP contribution in [0, 0.1) is 0 Å². The molecule has 1 aromatic heterocycles. The largest absolute Gasteiger partial charge is 0.416 e. The minimum absolute atomic E-state index is 0.0705. The SMILES string of the molecule is O=S(=O)(Cl)c1cc(C(F)(F)F)ccc1-c1cccnc1. The topological polar surface area (TPSA) is 47.0 Å². The number of pyridine rings is 1. The van der Waals surface area contributed by atoms with Gasteiger partial charge in [0.15, 0.2) is 0 Å². The molecule has 2 aromatic rings. The fraction of sp³-hybridized carbons (Fsp3) is 0.0833. The summed E-state index contributed by atoms with van der Waals surface area (Å²) in [6.45, 7) is 0. The maximum atomic E-state index is 12.6. The van der Waals surface area contributed by atoms with Gasteiger partial charge < -0.3 is 0 Å². The average molecular weight is 322 g/mol. The number of benzene rings is 1. The molecule has 0 atom stereocenters. The molecule has 0 spiro atoms. The first-order valence-corrected chi connectivity index (χ1v) is 7.57. The van der Waals surface area contributed by atoms with Gasteiger partial charge in [-0.15, -0.1) is 0 Å². The second kappa shape index (κ2) is 5.06. The Balaban J connectivity index is 2.71. The van der Waals surface area contributed by atoms with Crippen molar-refractivity contribution in [1.82, 2.24) is 4.98 Å². The molecule has 0 saturated heterocycles. The molecule has 1 aromatic carbocycles. The van der Waals surface area contributed by atoms with Gasteiger partial charge in [-0.1, -0.05) is 12.1 Å². The quantitative estimate of drug-likeness (QED) is 0.792. The third-order valence-corrected chi connectivity index (χ3v) is 3.91. The molecule has 0 fully saturated rings. The Morgan fingerprint density at radius 2 is 1.85 bits per heavy atom. The smallest absolute Gasteiger partial charge is 0.264 e. The highest BCUT2D eigenvalue weighted by molar-refractivity contribution is 8.13. The highest BCUT2D eigenvalue weighted by atomic mass is 35.7. The average Bonchev–Trinajstić information content (AvgIpc) is 2.37. The van der Waals surface area contributed by atoms with Gasteiger partial charge in [0.1, 0.15) is 0 Å². The van der Waals surface area contributed by atoms with Crippen molar-refractivity contribution in [2.24, 2.45) is 0 Å². The summed E-state index contributed by atoms with van der Waals surface area (Å²) < 4.78 is 60.9. The number of hydrogen-bond donors (Lipinski definition) is 0. The number of rotatable bonds is 2. The normalized spacial score (nSPS) is 12.4. The van der Waals surface area contributed by atoms with Gasteiger partial charge in [-0.2, -0.15) is 13.2 Å². The zero-order valence-electron chi connectivity index (χ0n) is 9.73. The summed E-state index contributed by atoms with van der Waals surface area (Å²) in [5.41, 5.74) is -0.647. The first-order valence-electron chi connectivity index (χ1n) is 5.26. The van der Waals surface area contributed by atoms with Crippen molar-refractivity contribution in [3.8, 4) is 11.1 Å². The van der Waals surface area contributed by atoms with Crippen LogP contribution in [-0.2, 0) is 15.2 Å². The van der Waals surface area contributed by atoms with Gasteiger partial charge in [0.05, 0.1) is 10.5 Å². The van der Waals surface area contributed by atoms with Crippen LogP contribution in [-0.4, -0.2) is 13.4 Å². The molecule has 106 valence electrons. The molecular weight excluding hydrogens is 315 g/mol. The summed E-state index contributed by atoms with van der Waals surface area (Å²) >= 11 is 0. The van der Waals surface area contributed by atoms with E-state index in [2.05, 4.69) is 4.98 Å². The minimum Gasteiger partial charge on any atom is -0.264 e. The van der Waals surface area contributed by atoms with E-state index >= 15 is 0 Å². The summed E-state index contributed by atoms with van der Waals surface area (Å²) in [5, 5.41) is 0. The summed E-state index contributed by atoms with van der Waals surface area (Å²) in [4.78, 5) is 3.20. The van der Waals surface area contributed by atoms with Crippen LogP contribution in [0.5, 0.6) is 0 Å². The van der Waals surface area contributed by atoms with Crippen molar-refractivity contribution in [3.63, 3.8) is 0 Å². The zero-order chi connectivity index (χ0) is 15.0. The predicted octanol–water partition coefficient (Wildman–Crippen LogP) is 3.69. The molecule has 20 heavy (non-hydrogen) atoms. The molecule has 0 aliphatic heterocycles. The predicted molar refractivity (Wildman–Crippen MR) is 67.7 cm³/mol. The lowest BCUT2D eigenvalue weighted by atomic mass is 10.1. The Kier molecular flexibility index (Phi) is 3.75. The second-order valence-corrected chi connectivity index (χ2v) is 6.42. The molecule has 0 saturated carbocycles. The van der Waals surface area contributed by atoms with E-state index in [9.17, 15) is 21.6 Å². The van der Waals surface area contributed by atoms with E-state index in [1.807, 2.05) is 0 Å². The van der Waals surface area contributed by atoms with Gasteiger partial charge in [0.25, 0.3) is 9.05 Å². The van der Waals surface area contributed by atoms with E-state index in [1.54, 1.807) is 0 Å². The van der Waals surface area contributed by atoms with Crippen molar-refractivity contribution < 1.29 is 21.6 Å². The fourth-order valence-electron chi connectivity index (χ4n) is 1.66. The molecular formula is C12H7ClF3NO2S. The standard InChI is InChI=1S/C12H7ClF3NO2S/c13-20(18,19)11-6-9(12(14,15)16)3-4-10(11)8-2-1-5-17-7-8/h1-7H. The van der Waals surface area contributed by atoms with Gasteiger partial charge in [-0.25, -0.2) is 8.42 Å². The Hall–Kier alpha value is -1.60. The molecule has 8 heteroatoms. The Labute approximate surface area is 117 Å². The molecule has 0 aliphatic rings. The zero-order valence-corrected chi connectivity index (χ0v) is 11.3. The molecule has 2 rings (SSSR count). The van der Waals surface area contributed by atoms with Crippen LogP contribution in [0.15, 0.2) is 47.6 Å². The Morgan fingerprint density at radius 1 is 1.15 bits per heavy atom. The number of halogens is 4. The van der Waals surface area contributed by atoms with Crippen LogP contribution in [0.25, 0.3) is 11.1 Å². The Bertz CT molecular complexity index is 730. The van der Waals surface area contributed by atoms with Crippen molar-refractivity contribution in [3.05, 3.63) is 48.3 Å². The number of alkyl halides is 3. The molecule has 3 nitrogen and oxygen atoms in total. The van der Waals surface area contributed by atoms with Crippen molar-refractivity contribution >= 4 is 19.7 Å². The fourth-order valence-corrected chi connectivity index (χ4v) is 2.76. The molecule has 0 amide bonds. The third-order valence-electron chi connectivity index (χ3n) is 2.54. The van der Waals surface area contributed by atoms with Crippen LogP contribution in [0.2, 0.25) is 0 Å². The van der Waals surface area contributed by atoms with E-state index in [4.69, 9.17) is 10.7 Å². The van der Waals surface area contributed by atoms with Gasteiger partial charge in [0.2, 0.25) is 0 Å². The molecule has 0 N–H and O–H groups in total. The monoisotopic (exact) mass is 321 g/mol. The molecule has 1 heterocycles. The van der Waals surface area contributed by atoms with Crippen molar-refractivity contribution in [2.45, 2.75) is 11.1 Å². The van der Waals surface area contributed by atoms with E-state index in [1.165, 1.54) is 24.5 Å². The maximum Gasteiger partial charge on any atom is 0.416 e. The highest BCUT2D eigenvalue weighted by Gasteiger charge is 2.32. The van der Waals surface area contributed by atoms with Crippen LogP contribution in [0.3, 0.4) is 0 Å². The number of aromatic nitrogens is 1. The Morgan fingerprint density at radius 3 is 2.35 bits per heavy atom. The van der Waals surface area contributed by atoms with Crippen LogP contribution >= 0.6 is 10.7 Å². The van der Waals surface area contributed by atoms with E-state index in [0.29, 0.717) is 11.6 Å². The lowest BCUT2D eigenvalue weighted by molar-refractivity contribution is -0.137. The lowest BCUT2D eigenvalue weighted by Gasteiger charge is -2.11. The van der Waals surface area contributed by atoms with E-state index < -0.39 is 25.7 Å². The van der Waals surface area contributed by atoms with Crippen molar-refractivity contribution in [1.29, 1.82) is 0 Å². The van der Waals surface area contributed by atoms with Gasteiger partial charge in [-0.05, 0) is 18.2 Å². The van der Waals surface area contributed by atoms with Gasteiger partial charge in [-0.3, -0.25) is 4.98 Å². The van der Waals surface area contributed by atoms with Crippen LogP contribution in [0.4, 0.5) is 13.2 Å². The van der Waals surface area contributed by atoms with Crippen LogP contribution in [0.1, 0.15) is 5.56 Å². The highest BCUT2D eigenvalue weighted by Crippen LogP contribution is 2.36.